The lowest BCUT2D eigenvalue weighted by Gasteiger charge is -2.20. The fourth-order valence-electron chi connectivity index (χ4n) is 4.59. The molecule has 0 radical (unpaired) electrons. The molecule has 0 fully saturated rings. The lowest BCUT2D eigenvalue weighted by Crippen LogP contribution is -2.15. The summed E-state index contributed by atoms with van der Waals surface area (Å²) in [4.78, 5) is 13.1. The highest BCUT2D eigenvalue weighted by Crippen LogP contribution is 2.38. The molecule has 0 bridgehead atoms. The number of rotatable bonds is 6. The Bertz CT molecular complexity index is 1490. The van der Waals surface area contributed by atoms with E-state index in [1.807, 2.05) is 60.7 Å². The van der Waals surface area contributed by atoms with Gasteiger partial charge in [-0.05, 0) is 59.4 Å². The Kier molecular flexibility index (Phi) is 6.33. The van der Waals surface area contributed by atoms with Crippen LogP contribution in [-0.2, 0) is 6.42 Å². The number of hydrogen-bond donors (Lipinski definition) is 1. The number of benzene rings is 4. The van der Waals surface area contributed by atoms with Crippen LogP contribution < -0.4 is 5.63 Å². The van der Waals surface area contributed by atoms with Gasteiger partial charge in [0.15, 0.2) is 0 Å². The molecule has 1 atom stereocenters. The van der Waals surface area contributed by atoms with Gasteiger partial charge in [0.25, 0.3) is 0 Å². The Labute approximate surface area is 206 Å². The van der Waals surface area contributed by atoms with Crippen molar-refractivity contribution in [1.29, 1.82) is 0 Å². The Hall–Kier alpha value is -3.63. The van der Waals surface area contributed by atoms with E-state index in [0.717, 1.165) is 27.6 Å². The molecule has 5 aromatic rings. The largest absolute Gasteiger partial charge is 0.507 e. The lowest BCUT2D eigenvalue weighted by atomic mass is 9.85. The van der Waals surface area contributed by atoms with Gasteiger partial charge in [-0.15, -0.1) is 0 Å². The summed E-state index contributed by atoms with van der Waals surface area (Å²) >= 11 is 3.61. The summed E-state index contributed by atoms with van der Waals surface area (Å²) in [6.45, 7) is 0. The van der Waals surface area contributed by atoms with Crippen LogP contribution in [0.15, 0.2) is 117 Å². The zero-order valence-corrected chi connectivity index (χ0v) is 20.0. The van der Waals surface area contributed by atoms with Gasteiger partial charge in [0, 0.05) is 10.4 Å². The van der Waals surface area contributed by atoms with Gasteiger partial charge in [-0.3, -0.25) is 0 Å². The van der Waals surface area contributed by atoms with Crippen LogP contribution in [0.2, 0.25) is 0 Å². The van der Waals surface area contributed by atoms with E-state index in [1.165, 1.54) is 5.56 Å². The fourth-order valence-corrected chi connectivity index (χ4v) is 4.99. The van der Waals surface area contributed by atoms with E-state index < -0.39 is 5.63 Å². The predicted molar refractivity (Wildman–Crippen MR) is 140 cm³/mol. The van der Waals surface area contributed by atoms with Crippen molar-refractivity contribution in [3.63, 3.8) is 0 Å². The van der Waals surface area contributed by atoms with Crippen molar-refractivity contribution in [1.82, 2.24) is 0 Å². The molecular formula is C30H23BrO3. The van der Waals surface area contributed by atoms with Crippen molar-refractivity contribution in [3.8, 4) is 16.9 Å². The van der Waals surface area contributed by atoms with Crippen LogP contribution in [0.3, 0.4) is 0 Å². The fraction of sp³-hybridized carbons (Fsp3) is 0.100. The highest BCUT2D eigenvalue weighted by Gasteiger charge is 2.25. The third-order valence-electron chi connectivity index (χ3n) is 6.22. The summed E-state index contributed by atoms with van der Waals surface area (Å²) in [5.41, 5.74) is 4.64. The third-order valence-corrected chi connectivity index (χ3v) is 6.72. The summed E-state index contributed by atoms with van der Waals surface area (Å²) in [6, 6.07) is 33.5. The molecule has 0 saturated heterocycles. The van der Waals surface area contributed by atoms with Crippen LogP contribution in [0.25, 0.3) is 22.1 Å². The first-order valence-corrected chi connectivity index (χ1v) is 12.0. The van der Waals surface area contributed by atoms with Crippen molar-refractivity contribution >= 4 is 26.9 Å². The Morgan fingerprint density at radius 1 is 0.824 bits per heavy atom. The minimum atomic E-state index is -0.498. The van der Waals surface area contributed by atoms with E-state index in [9.17, 15) is 9.90 Å². The molecule has 1 aromatic heterocycles. The zero-order valence-electron chi connectivity index (χ0n) is 18.4. The summed E-state index contributed by atoms with van der Waals surface area (Å²) in [6.07, 6.45) is 1.35. The minimum Gasteiger partial charge on any atom is -0.507 e. The van der Waals surface area contributed by atoms with Gasteiger partial charge in [-0.1, -0.05) is 94.8 Å². The second-order valence-electron chi connectivity index (χ2n) is 8.32. The van der Waals surface area contributed by atoms with Crippen molar-refractivity contribution in [2.75, 3.05) is 0 Å². The monoisotopic (exact) mass is 510 g/mol. The molecule has 1 unspecified atom stereocenters. The van der Waals surface area contributed by atoms with Crippen LogP contribution in [0, 0.1) is 0 Å². The zero-order chi connectivity index (χ0) is 23.5. The van der Waals surface area contributed by atoms with Crippen LogP contribution in [-0.4, -0.2) is 5.11 Å². The summed E-state index contributed by atoms with van der Waals surface area (Å²) < 4.78 is 6.62. The van der Waals surface area contributed by atoms with Gasteiger partial charge >= 0.3 is 5.63 Å². The molecule has 0 amide bonds. The molecule has 0 aliphatic heterocycles. The van der Waals surface area contributed by atoms with Gasteiger partial charge in [-0.2, -0.15) is 0 Å². The maximum Gasteiger partial charge on any atom is 0.343 e. The van der Waals surface area contributed by atoms with Gasteiger partial charge < -0.3 is 9.52 Å². The van der Waals surface area contributed by atoms with Crippen LogP contribution in [0.4, 0.5) is 0 Å². The molecule has 0 saturated carbocycles. The highest BCUT2D eigenvalue weighted by molar-refractivity contribution is 9.10. The molecule has 4 aromatic carbocycles. The first kappa shape index (κ1) is 22.2. The molecule has 1 N–H and O–H groups in total. The standard InChI is InChI=1S/C30H23BrO3/c31-23-16-18-24(20-9-3-1-4-10-20)22(19-23)15-17-25(21-11-5-2-6-12-21)28-29(32)26-13-7-8-14-27(26)34-30(28)33/h1-14,16,18-19,25,32H,15,17H2. The first-order valence-electron chi connectivity index (χ1n) is 11.3. The van der Waals surface area contributed by atoms with Crippen LogP contribution >= 0.6 is 15.9 Å². The van der Waals surface area contributed by atoms with E-state index in [4.69, 9.17) is 4.42 Å². The number of aryl methyl sites for hydroxylation is 1. The lowest BCUT2D eigenvalue weighted by molar-refractivity contribution is 0.448. The Morgan fingerprint density at radius 3 is 2.26 bits per heavy atom. The van der Waals surface area contributed by atoms with Gasteiger partial charge in [-0.25, -0.2) is 4.79 Å². The summed E-state index contributed by atoms with van der Waals surface area (Å²) in [5.74, 6) is -0.317. The Morgan fingerprint density at radius 2 is 1.50 bits per heavy atom. The predicted octanol–water partition coefficient (Wildman–Crippen LogP) is 7.69. The molecule has 0 aliphatic carbocycles. The third kappa shape index (κ3) is 4.42. The number of fused-ring (bicyclic) bond motifs is 1. The second-order valence-corrected chi connectivity index (χ2v) is 9.23. The summed E-state index contributed by atoms with van der Waals surface area (Å²) in [5, 5.41) is 11.7. The first-order chi connectivity index (χ1) is 16.6. The average Bonchev–Trinajstić information content (AvgIpc) is 2.87. The van der Waals surface area contributed by atoms with Crippen LogP contribution in [0.1, 0.15) is 29.0 Å². The van der Waals surface area contributed by atoms with E-state index in [-0.39, 0.29) is 11.7 Å². The average molecular weight is 511 g/mol. The normalized spacial score (nSPS) is 12.0. The maximum atomic E-state index is 13.1. The maximum absolute atomic E-state index is 13.1. The van der Waals surface area contributed by atoms with E-state index >= 15 is 0 Å². The molecular weight excluding hydrogens is 488 g/mol. The van der Waals surface area contributed by atoms with E-state index in [1.54, 1.807) is 18.2 Å². The van der Waals surface area contributed by atoms with Crippen molar-refractivity contribution < 1.29 is 9.52 Å². The number of hydrogen-bond acceptors (Lipinski definition) is 3. The van der Waals surface area contributed by atoms with E-state index in [2.05, 4.69) is 40.2 Å². The van der Waals surface area contributed by atoms with Gasteiger partial charge in [0.05, 0.1) is 10.9 Å². The van der Waals surface area contributed by atoms with E-state index in [0.29, 0.717) is 23.0 Å². The molecule has 168 valence electrons. The van der Waals surface area contributed by atoms with Crippen molar-refractivity contribution in [2.24, 2.45) is 0 Å². The topological polar surface area (TPSA) is 50.4 Å². The molecule has 3 nitrogen and oxygen atoms in total. The molecule has 0 aliphatic rings. The van der Waals surface area contributed by atoms with Gasteiger partial charge in [0.2, 0.25) is 0 Å². The SMILES string of the molecule is O=c1oc2ccccc2c(O)c1C(CCc1cc(Br)ccc1-c1ccccc1)c1ccccc1. The Balaban J connectivity index is 1.59. The molecule has 1 heterocycles. The quantitative estimate of drug-likeness (QED) is 0.238. The molecule has 5 rings (SSSR count). The number of halogens is 1. The van der Waals surface area contributed by atoms with Crippen LogP contribution in [0.5, 0.6) is 5.75 Å². The summed E-state index contributed by atoms with van der Waals surface area (Å²) in [7, 11) is 0. The highest BCUT2D eigenvalue weighted by atomic mass is 79.9. The number of aromatic hydroxyl groups is 1. The molecule has 4 heteroatoms. The van der Waals surface area contributed by atoms with Crippen molar-refractivity contribution in [2.45, 2.75) is 18.8 Å². The smallest absolute Gasteiger partial charge is 0.343 e. The second kappa shape index (κ2) is 9.70. The minimum absolute atomic E-state index is 0.00164. The molecule has 34 heavy (non-hydrogen) atoms. The molecule has 0 spiro atoms. The van der Waals surface area contributed by atoms with Gasteiger partial charge in [0.1, 0.15) is 11.3 Å². The van der Waals surface area contributed by atoms with Crippen molar-refractivity contribution in [3.05, 3.63) is 135 Å². The number of para-hydroxylation sites is 1.